The molecule has 2 rings (SSSR count). The van der Waals surface area contributed by atoms with Crippen LogP contribution in [0.1, 0.15) is 36.5 Å². The van der Waals surface area contributed by atoms with Crippen LogP contribution < -0.4 is 10.6 Å². The average Bonchev–Trinajstić information content (AvgIpc) is 2.29. The van der Waals surface area contributed by atoms with Crippen LogP contribution in [0.25, 0.3) is 0 Å². The van der Waals surface area contributed by atoms with Gasteiger partial charge < -0.3 is 15.7 Å². The van der Waals surface area contributed by atoms with Crippen molar-refractivity contribution in [2.45, 2.75) is 31.7 Å². The van der Waals surface area contributed by atoms with Gasteiger partial charge in [-0.15, -0.1) is 0 Å². The summed E-state index contributed by atoms with van der Waals surface area (Å²) in [6, 6.07) is 4.37. The summed E-state index contributed by atoms with van der Waals surface area (Å²) in [5.41, 5.74) is 0.448. The summed E-state index contributed by atoms with van der Waals surface area (Å²) >= 11 is 3.16. The van der Waals surface area contributed by atoms with Crippen LogP contribution >= 0.6 is 15.9 Å². The third-order valence-electron chi connectivity index (χ3n) is 3.33. The van der Waals surface area contributed by atoms with E-state index in [-0.39, 0.29) is 17.1 Å². The number of halogens is 1. The van der Waals surface area contributed by atoms with E-state index in [2.05, 4.69) is 26.6 Å². The summed E-state index contributed by atoms with van der Waals surface area (Å²) in [7, 11) is 0. The number of carboxylic acids is 1. The predicted octanol–water partition coefficient (Wildman–Crippen LogP) is 3.21. The van der Waals surface area contributed by atoms with Crippen molar-refractivity contribution in [2.24, 2.45) is 0 Å². The van der Waals surface area contributed by atoms with E-state index >= 15 is 0 Å². The number of hydrogen-bond acceptors (Lipinski definition) is 2. The van der Waals surface area contributed by atoms with Gasteiger partial charge in [0.1, 0.15) is 0 Å². The van der Waals surface area contributed by atoms with E-state index in [1.54, 1.807) is 12.1 Å². The van der Waals surface area contributed by atoms with Crippen molar-refractivity contribution in [1.29, 1.82) is 0 Å². The fraction of sp³-hybridized carbons (Fsp3) is 0.385. The van der Waals surface area contributed by atoms with Crippen LogP contribution in [-0.4, -0.2) is 22.6 Å². The molecule has 5 nitrogen and oxygen atoms in total. The topological polar surface area (TPSA) is 78.4 Å². The second-order valence-electron chi connectivity index (χ2n) is 4.99. The number of carboxylic acid groups (broad SMARTS) is 1. The normalized spacial score (nSPS) is 16.3. The molecule has 0 aromatic heterocycles. The molecule has 1 aromatic carbocycles. The number of urea groups is 1. The summed E-state index contributed by atoms with van der Waals surface area (Å²) in [5.74, 6) is -1.04. The summed E-state index contributed by atoms with van der Waals surface area (Å²) in [5, 5.41) is 14.5. The Morgan fingerprint density at radius 3 is 2.58 bits per heavy atom. The number of hydrogen-bond donors (Lipinski definition) is 3. The van der Waals surface area contributed by atoms with Crippen LogP contribution in [0, 0.1) is 0 Å². The van der Waals surface area contributed by atoms with E-state index < -0.39 is 5.97 Å². The molecule has 6 heteroatoms. The standard InChI is InChI=1S/C13H15BrN2O3/c1-13(5-2-6-13)16-12(19)15-8-3-4-10(14)9(7-8)11(17)18/h3-4,7H,2,5-6H2,1H3,(H,17,18)(H2,15,16,19). The molecule has 0 heterocycles. The van der Waals surface area contributed by atoms with Gasteiger partial charge in [0.25, 0.3) is 0 Å². The number of amides is 2. The summed E-state index contributed by atoms with van der Waals surface area (Å²) in [4.78, 5) is 22.8. The van der Waals surface area contributed by atoms with Crippen molar-refractivity contribution < 1.29 is 14.7 Å². The molecule has 0 atom stereocenters. The van der Waals surface area contributed by atoms with Gasteiger partial charge >= 0.3 is 12.0 Å². The quantitative estimate of drug-likeness (QED) is 0.798. The number of carbonyl (C=O) groups excluding carboxylic acids is 1. The highest BCUT2D eigenvalue weighted by molar-refractivity contribution is 9.10. The molecule has 0 saturated heterocycles. The minimum absolute atomic E-state index is 0.118. The van der Waals surface area contributed by atoms with Gasteiger partial charge in [-0.3, -0.25) is 0 Å². The Bertz CT molecular complexity index is 527. The maximum Gasteiger partial charge on any atom is 0.336 e. The second kappa shape index (κ2) is 5.21. The Hall–Kier alpha value is -1.56. The van der Waals surface area contributed by atoms with Crippen molar-refractivity contribution in [3.8, 4) is 0 Å². The molecule has 1 fully saturated rings. The zero-order valence-electron chi connectivity index (χ0n) is 10.5. The van der Waals surface area contributed by atoms with Gasteiger partial charge in [-0.1, -0.05) is 0 Å². The molecule has 1 aliphatic carbocycles. The molecule has 0 unspecified atom stereocenters. The number of anilines is 1. The minimum Gasteiger partial charge on any atom is -0.478 e. The maximum atomic E-state index is 11.8. The van der Waals surface area contributed by atoms with Crippen molar-refractivity contribution in [2.75, 3.05) is 5.32 Å². The zero-order chi connectivity index (χ0) is 14.0. The van der Waals surface area contributed by atoms with Gasteiger partial charge in [-0.2, -0.15) is 0 Å². The van der Waals surface area contributed by atoms with Gasteiger partial charge in [-0.05, 0) is 60.3 Å². The molecular formula is C13H15BrN2O3. The predicted molar refractivity (Wildman–Crippen MR) is 75.5 cm³/mol. The Morgan fingerprint density at radius 2 is 2.05 bits per heavy atom. The van der Waals surface area contributed by atoms with Crippen LogP contribution in [0.15, 0.2) is 22.7 Å². The lowest BCUT2D eigenvalue weighted by atomic mass is 9.79. The van der Waals surface area contributed by atoms with Crippen molar-refractivity contribution in [3.05, 3.63) is 28.2 Å². The van der Waals surface area contributed by atoms with Gasteiger partial charge in [0.2, 0.25) is 0 Å². The first-order valence-corrected chi connectivity index (χ1v) is 6.81. The van der Waals surface area contributed by atoms with E-state index in [0.29, 0.717) is 10.2 Å². The molecule has 3 N–H and O–H groups in total. The molecule has 2 amide bonds. The number of carbonyl (C=O) groups is 2. The van der Waals surface area contributed by atoms with Crippen molar-refractivity contribution in [3.63, 3.8) is 0 Å². The highest BCUT2D eigenvalue weighted by atomic mass is 79.9. The molecule has 1 saturated carbocycles. The number of nitrogens with one attached hydrogen (secondary N) is 2. The highest BCUT2D eigenvalue weighted by Crippen LogP contribution is 2.31. The minimum atomic E-state index is -1.04. The molecule has 0 bridgehead atoms. The summed E-state index contributed by atoms with van der Waals surface area (Å²) in [6.45, 7) is 2.00. The van der Waals surface area contributed by atoms with Gasteiger partial charge in [0.15, 0.2) is 0 Å². The van der Waals surface area contributed by atoms with Gasteiger partial charge in [0, 0.05) is 15.7 Å². The SMILES string of the molecule is CC1(NC(=O)Nc2ccc(Br)c(C(=O)O)c2)CCC1. The van der Waals surface area contributed by atoms with Gasteiger partial charge in [-0.25, -0.2) is 9.59 Å². The largest absolute Gasteiger partial charge is 0.478 e. The number of benzene rings is 1. The smallest absolute Gasteiger partial charge is 0.336 e. The molecular weight excluding hydrogens is 312 g/mol. The third kappa shape index (κ3) is 3.26. The van der Waals surface area contributed by atoms with Crippen molar-refractivity contribution in [1.82, 2.24) is 5.32 Å². The zero-order valence-corrected chi connectivity index (χ0v) is 12.1. The number of aromatic carboxylic acids is 1. The first-order valence-electron chi connectivity index (χ1n) is 6.02. The second-order valence-corrected chi connectivity index (χ2v) is 5.85. The monoisotopic (exact) mass is 326 g/mol. The molecule has 1 aromatic rings. The van der Waals surface area contributed by atoms with E-state index in [4.69, 9.17) is 5.11 Å². The fourth-order valence-electron chi connectivity index (χ4n) is 2.04. The Balaban J connectivity index is 2.04. The van der Waals surface area contributed by atoms with Crippen LogP contribution in [0.3, 0.4) is 0 Å². The highest BCUT2D eigenvalue weighted by Gasteiger charge is 2.33. The van der Waals surface area contributed by atoms with E-state index in [0.717, 1.165) is 19.3 Å². The fourth-order valence-corrected chi connectivity index (χ4v) is 2.45. The molecule has 0 spiro atoms. The van der Waals surface area contributed by atoms with Crippen LogP contribution in [0.4, 0.5) is 10.5 Å². The van der Waals surface area contributed by atoms with Crippen LogP contribution in [0.2, 0.25) is 0 Å². The third-order valence-corrected chi connectivity index (χ3v) is 4.02. The molecule has 19 heavy (non-hydrogen) atoms. The van der Waals surface area contributed by atoms with Gasteiger partial charge in [0.05, 0.1) is 5.56 Å². The van der Waals surface area contributed by atoms with E-state index in [9.17, 15) is 9.59 Å². The first-order chi connectivity index (χ1) is 8.89. The van der Waals surface area contributed by atoms with Crippen LogP contribution in [0.5, 0.6) is 0 Å². The molecule has 0 radical (unpaired) electrons. The van der Waals surface area contributed by atoms with Crippen molar-refractivity contribution >= 4 is 33.6 Å². The van der Waals surface area contributed by atoms with E-state index in [1.165, 1.54) is 6.07 Å². The molecule has 102 valence electrons. The lowest BCUT2D eigenvalue weighted by molar-refractivity contribution is 0.0696. The molecule has 0 aliphatic heterocycles. The number of rotatable bonds is 3. The van der Waals surface area contributed by atoms with E-state index in [1.807, 2.05) is 6.92 Å². The summed E-state index contributed by atoms with van der Waals surface area (Å²) in [6.07, 6.45) is 3.07. The average molecular weight is 327 g/mol. The lowest BCUT2D eigenvalue weighted by Gasteiger charge is -2.39. The Kier molecular flexibility index (Phi) is 3.80. The Morgan fingerprint density at radius 1 is 1.37 bits per heavy atom. The summed E-state index contributed by atoms with van der Waals surface area (Å²) < 4.78 is 0.483. The Labute approximate surface area is 119 Å². The maximum absolute atomic E-state index is 11.8. The lowest BCUT2D eigenvalue weighted by Crippen LogP contribution is -2.52. The molecule has 1 aliphatic rings. The van der Waals surface area contributed by atoms with Crippen LogP contribution in [-0.2, 0) is 0 Å². The first kappa shape index (κ1) is 13.9.